The summed E-state index contributed by atoms with van der Waals surface area (Å²) in [6.07, 6.45) is 5.70. The van der Waals surface area contributed by atoms with Crippen molar-refractivity contribution in [2.24, 2.45) is 5.92 Å². The van der Waals surface area contributed by atoms with E-state index in [1.807, 2.05) is 13.8 Å². The van der Waals surface area contributed by atoms with E-state index >= 15 is 0 Å². The average Bonchev–Trinajstić information content (AvgIpc) is 2.62. The molecule has 1 saturated heterocycles. The van der Waals surface area contributed by atoms with Gasteiger partial charge in [-0.2, -0.15) is 0 Å². The number of aliphatic hydroxyl groups is 1. The second kappa shape index (κ2) is 2.71. The van der Waals surface area contributed by atoms with Crippen molar-refractivity contribution < 1.29 is 9.84 Å². The Morgan fingerprint density at radius 3 is 2.83 bits per heavy atom. The van der Waals surface area contributed by atoms with E-state index in [2.05, 4.69) is 0 Å². The summed E-state index contributed by atoms with van der Waals surface area (Å²) in [5.41, 5.74) is -0.515. The summed E-state index contributed by atoms with van der Waals surface area (Å²) in [6, 6.07) is 0. The van der Waals surface area contributed by atoms with Crippen LogP contribution in [0.5, 0.6) is 0 Å². The van der Waals surface area contributed by atoms with E-state index < -0.39 is 5.60 Å². The van der Waals surface area contributed by atoms with Crippen LogP contribution >= 0.6 is 0 Å². The lowest BCUT2D eigenvalue weighted by molar-refractivity contribution is 0.0446. The number of hydrogen-bond donors (Lipinski definition) is 1. The van der Waals surface area contributed by atoms with Gasteiger partial charge in [-0.3, -0.25) is 0 Å². The minimum Gasteiger partial charge on any atom is -0.390 e. The highest BCUT2D eigenvalue weighted by atomic mass is 16.6. The fourth-order valence-corrected chi connectivity index (χ4v) is 2.41. The fraction of sp³-hybridized carbons (Fsp3) is 1.00. The molecule has 0 aromatic heterocycles. The summed E-state index contributed by atoms with van der Waals surface area (Å²) in [5, 5.41) is 9.65. The highest BCUT2D eigenvalue weighted by molar-refractivity contribution is 4.96. The topological polar surface area (TPSA) is 32.8 Å². The predicted molar refractivity (Wildman–Crippen MR) is 46.9 cm³/mol. The van der Waals surface area contributed by atoms with Crippen molar-refractivity contribution in [2.75, 3.05) is 0 Å². The molecule has 0 aromatic carbocycles. The smallest absolute Gasteiger partial charge is 0.0871 e. The molecule has 2 aliphatic rings. The Morgan fingerprint density at radius 2 is 2.17 bits per heavy atom. The van der Waals surface area contributed by atoms with E-state index in [0.717, 1.165) is 6.42 Å². The highest BCUT2D eigenvalue weighted by Gasteiger charge is 2.47. The van der Waals surface area contributed by atoms with Crippen LogP contribution in [-0.4, -0.2) is 22.9 Å². The van der Waals surface area contributed by atoms with E-state index in [1.165, 1.54) is 19.3 Å². The lowest BCUT2D eigenvalue weighted by atomic mass is 9.82. The molecule has 2 rings (SSSR count). The van der Waals surface area contributed by atoms with Gasteiger partial charge in [0.05, 0.1) is 17.8 Å². The predicted octanol–water partition coefficient (Wildman–Crippen LogP) is 1.71. The van der Waals surface area contributed by atoms with E-state index in [-0.39, 0.29) is 0 Å². The van der Waals surface area contributed by atoms with E-state index in [1.54, 1.807) is 0 Å². The molecule has 2 heteroatoms. The van der Waals surface area contributed by atoms with Crippen LogP contribution in [-0.2, 0) is 4.74 Å². The van der Waals surface area contributed by atoms with E-state index in [9.17, 15) is 5.11 Å². The van der Waals surface area contributed by atoms with Crippen LogP contribution in [0, 0.1) is 5.92 Å². The van der Waals surface area contributed by atoms with Crippen LogP contribution in [0.3, 0.4) is 0 Å². The Kier molecular flexibility index (Phi) is 1.92. The summed E-state index contributed by atoms with van der Waals surface area (Å²) in [7, 11) is 0. The monoisotopic (exact) mass is 170 g/mol. The molecule has 0 unspecified atom stereocenters. The number of fused-ring (bicyclic) bond motifs is 1. The molecule has 70 valence electrons. The molecule has 2 nitrogen and oxygen atoms in total. The number of rotatable bonds is 2. The van der Waals surface area contributed by atoms with Gasteiger partial charge in [-0.1, -0.05) is 6.42 Å². The first-order valence-electron chi connectivity index (χ1n) is 4.94. The number of ether oxygens (including phenoxy) is 1. The molecule has 1 aliphatic carbocycles. The summed E-state index contributed by atoms with van der Waals surface area (Å²) < 4.78 is 5.53. The molecule has 0 spiro atoms. The first-order chi connectivity index (χ1) is 5.56. The van der Waals surface area contributed by atoms with Gasteiger partial charge in [0.1, 0.15) is 0 Å². The Labute approximate surface area is 73.9 Å². The zero-order chi connectivity index (χ0) is 8.77. The van der Waals surface area contributed by atoms with Crippen LogP contribution < -0.4 is 0 Å². The molecule has 0 radical (unpaired) electrons. The Morgan fingerprint density at radius 1 is 1.42 bits per heavy atom. The molecular weight excluding hydrogens is 152 g/mol. The lowest BCUT2D eigenvalue weighted by Crippen LogP contribution is -2.28. The highest BCUT2D eigenvalue weighted by Crippen LogP contribution is 2.43. The van der Waals surface area contributed by atoms with Gasteiger partial charge in [0.25, 0.3) is 0 Å². The Balaban J connectivity index is 1.87. The first-order valence-corrected chi connectivity index (χ1v) is 4.94. The van der Waals surface area contributed by atoms with Gasteiger partial charge >= 0.3 is 0 Å². The average molecular weight is 170 g/mol. The van der Waals surface area contributed by atoms with Gasteiger partial charge in [0, 0.05) is 0 Å². The van der Waals surface area contributed by atoms with Crippen LogP contribution in [0.1, 0.15) is 39.5 Å². The number of hydrogen-bond acceptors (Lipinski definition) is 2. The van der Waals surface area contributed by atoms with Crippen LogP contribution in [0.25, 0.3) is 0 Å². The molecule has 1 N–H and O–H groups in total. The van der Waals surface area contributed by atoms with Gasteiger partial charge in [-0.15, -0.1) is 0 Å². The van der Waals surface area contributed by atoms with Crippen molar-refractivity contribution in [3.63, 3.8) is 0 Å². The maximum atomic E-state index is 9.65. The second-order valence-corrected chi connectivity index (χ2v) is 4.85. The maximum Gasteiger partial charge on any atom is 0.0871 e. The van der Waals surface area contributed by atoms with Gasteiger partial charge in [0.15, 0.2) is 0 Å². The van der Waals surface area contributed by atoms with Crippen molar-refractivity contribution in [3.8, 4) is 0 Å². The van der Waals surface area contributed by atoms with Crippen LogP contribution in [0.15, 0.2) is 0 Å². The molecule has 1 heterocycles. The maximum absolute atomic E-state index is 9.65. The largest absolute Gasteiger partial charge is 0.390 e. The van der Waals surface area contributed by atoms with Gasteiger partial charge in [-0.05, 0) is 39.0 Å². The molecule has 2 fully saturated rings. The SMILES string of the molecule is CC(C)(O)C[C@H]1CCC[C@H]2O[C@@H]12. The second-order valence-electron chi connectivity index (χ2n) is 4.85. The van der Waals surface area contributed by atoms with Crippen molar-refractivity contribution in [1.29, 1.82) is 0 Å². The molecule has 0 amide bonds. The van der Waals surface area contributed by atoms with E-state index in [4.69, 9.17) is 4.74 Å². The van der Waals surface area contributed by atoms with Crippen molar-refractivity contribution in [2.45, 2.75) is 57.3 Å². The summed E-state index contributed by atoms with van der Waals surface area (Å²) in [4.78, 5) is 0. The van der Waals surface area contributed by atoms with E-state index in [0.29, 0.717) is 18.1 Å². The van der Waals surface area contributed by atoms with Crippen molar-refractivity contribution >= 4 is 0 Å². The molecule has 3 atom stereocenters. The standard InChI is InChI=1S/C10H18O2/c1-10(2,11)6-7-4-3-5-8-9(7)12-8/h7-9,11H,3-6H2,1-2H3/t7-,8-,9+/m1/s1. The minimum absolute atomic E-state index is 0.491. The van der Waals surface area contributed by atoms with Gasteiger partial charge in [0.2, 0.25) is 0 Å². The zero-order valence-corrected chi connectivity index (χ0v) is 7.92. The first kappa shape index (κ1) is 8.52. The lowest BCUT2D eigenvalue weighted by Gasteiger charge is -2.25. The summed E-state index contributed by atoms with van der Waals surface area (Å²) in [5.74, 6) is 0.615. The third-order valence-electron chi connectivity index (χ3n) is 2.91. The Bertz CT molecular complexity index is 171. The number of epoxide rings is 1. The quantitative estimate of drug-likeness (QED) is 0.640. The van der Waals surface area contributed by atoms with Crippen LogP contribution in [0.2, 0.25) is 0 Å². The fourth-order valence-electron chi connectivity index (χ4n) is 2.41. The molecule has 0 aromatic rings. The third-order valence-corrected chi connectivity index (χ3v) is 2.91. The zero-order valence-electron chi connectivity index (χ0n) is 7.92. The molecule has 1 saturated carbocycles. The normalized spacial score (nSPS) is 40.8. The molecule has 0 bridgehead atoms. The molecule has 1 aliphatic heterocycles. The summed E-state index contributed by atoms with van der Waals surface area (Å²) >= 11 is 0. The van der Waals surface area contributed by atoms with Crippen molar-refractivity contribution in [1.82, 2.24) is 0 Å². The summed E-state index contributed by atoms with van der Waals surface area (Å²) in [6.45, 7) is 3.78. The van der Waals surface area contributed by atoms with Gasteiger partial charge in [-0.25, -0.2) is 0 Å². The van der Waals surface area contributed by atoms with Crippen LogP contribution in [0.4, 0.5) is 0 Å². The van der Waals surface area contributed by atoms with Gasteiger partial charge < -0.3 is 9.84 Å². The molecular formula is C10H18O2. The third kappa shape index (κ3) is 1.80. The van der Waals surface area contributed by atoms with Crippen molar-refractivity contribution in [3.05, 3.63) is 0 Å². The minimum atomic E-state index is -0.515. The Hall–Kier alpha value is -0.0800. The molecule has 12 heavy (non-hydrogen) atoms.